The topological polar surface area (TPSA) is 94.0 Å². The van der Waals surface area contributed by atoms with E-state index < -0.39 is 11.7 Å². The summed E-state index contributed by atoms with van der Waals surface area (Å²) in [5.74, 6) is 0.921. The van der Waals surface area contributed by atoms with Crippen molar-refractivity contribution in [3.63, 3.8) is 0 Å². The first-order chi connectivity index (χ1) is 12.9. The van der Waals surface area contributed by atoms with E-state index in [0.29, 0.717) is 13.1 Å². The standard InChI is InChI=1S/C19H26N6O2/c1-5-15-24-14-12-22-13-8-6-9-20-16(13)17(14)25(15)23-11-7-10-21-18(26)27-19(2,3)4/h6,8-9,12,23H,5,7,10-11H2,1-4H3,(H,21,26). The highest BCUT2D eigenvalue weighted by Crippen LogP contribution is 2.22. The Bertz CT molecular complexity index is 944. The first-order valence-electron chi connectivity index (χ1n) is 9.21. The molecule has 0 aliphatic heterocycles. The molecule has 3 heterocycles. The molecule has 3 aromatic rings. The van der Waals surface area contributed by atoms with Crippen molar-refractivity contribution in [3.8, 4) is 0 Å². The van der Waals surface area contributed by atoms with Crippen LogP contribution in [0.4, 0.5) is 4.79 Å². The van der Waals surface area contributed by atoms with Crippen molar-refractivity contribution >= 4 is 28.2 Å². The molecule has 0 atom stereocenters. The summed E-state index contributed by atoms with van der Waals surface area (Å²) >= 11 is 0. The number of carbonyl (C=O) groups is 1. The first kappa shape index (κ1) is 18.9. The van der Waals surface area contributed by atoms with E-state index >= 15 is 0 Å². The Labute approximate surface area is 158 Å². The minimum absolute atomic E-state index is 0.397. The van der Waals surface area contributed by atoms with E-state index in [1.807, 2.05) is 37.6 Å². The van der Waals surface area contributed by atoms with Crippen molar-refractivity contribution in [1.82, 2.24) is 24.9 Å². The number of aromatic nitrogens is 4. The van der Waals surface area contributed by atoms with Gasteiger partial charge < -0.3 is 15.5 Å². The Morgan fingerprint density at radius 3 is 2.78 bits per heavy atom. The average Bonchev–Trinajstić information content (AvgIpc) is 2.98. The van der Waals surface area contributed by atoms with Gasteiger partial charge in [0.15, 0.2) is 0 Å². The molecule has 0 fully saturated rings. The third kappa shape index (κ3) is 4.45. The van der Waals surface area contributed by atoms with Gasteiger partial charge in [0.05, 0.1) is 11.7 Å². The number of hydrogen-bond acceptors (Lipinski definition) is 6. The van der Waals surface area contributed by atoms with Crippen molar-refractivity contribution in [1.29, 1.82) is 0 Å². The van der Waals surface area contributed by atoms with Gasteiger partial charge in [-0.3, -0.25) is 9.97 Å². The summed E-state index contributed by atoms with van der Waals surface area (Å²) in [6.07, 6.45) is 4.67. The maximum atomic E-state index is 11.7. The van der Waals surface area contributed by atoms with E-state index in [1.165, 1.54) is 0 Å². The van der Waals surface area contributed by atoms with Gasteiger partial charge in [-0.1, -0.05) is 6.92 Å². The lowest BCUT2D eigenvalue weighted by Crippen LogP contribution is -2.33. The van der Waals surface area contributed by atoms with Gasteiger partial charge in [-0.25, -0.2) is 14.5 Å². The van der Waals surface area contributed by atoms with E-state index in [0.717, 1.165) is 40.7 Å². The van der Waals surface area contributed by atoms with Crippen molar-refractivity contribution < 1.29 is 9.53 Å². The van der Waals surface area contributed by atoms with Gasteiger partial charge in [0.25, 0.3) is 0 Å². The van der Waals surface area contributed by atoms with Crippen LogP contribution in [0.2, 0.25) is 0 Å². The summed E-state index contributed by atoms with van der Waals surface area (Å²) in [6.45, 7) is 8.79. The summed E-state index contributed by atoms with van der Waals surface area (Å²) in [4.78, 5) is 25.3. The highest BCUT2D eigenvalue weighted by atomic mass is 16.6. The first-order valence-corrected chi connectivity index (χ1v) is 9.21. The SMILES string of the molecule is CCc1nc2cnc3cccnc3c2n1NCCCNC(=O)OC(C)(C)C. The molecule has 0 aromatic carbocycles. The summed E-state index contributed by atoms with van der Waals surface area (Å²) in [5.41, 5.74) is 6.31. The lowest BCUT2D eigenvalue weighted by molar-refractivity contribution is 0.0527. The monoisotopic (exact) mass is 370 g/mol. The van der Waals surface area contributed by atoms with Crippen molar-refractivity contribution in [2.75, 3.05) is 18.5 Å². The highest BCUT2D eigenvalue weighted by Gasteiger charge is 2.16. The molecule has 0 bridgehead atoms. The van der Waals surface area contributed by atoms with Crippen LogP contribution in [0.5, 0.6) is 0 Å². The minimum Gasteiger partial charge on any atom is -0.444 e. The van der Waals surface area contributed by atoms with E-state index in [2.05, 4.69) is 32.6 Å². The Hall–Kier alpha value is -2.90. The Morgan fingerprint density at radius 1 is 1.22 bits per heavy atom. The lowest BCUT2D eigenvalue weighted by atomic mass is 10.2. The fourth-order valence-corrected chi connectivity index (χ4v) is 2.81. The molecule has 0 radical (unpaired) electrons. The van der Waals surface area contributed by atoms with Crippen LogP contribution in [0.25, 0.3) is 22.1 Å². The van der Waals surface area contributed by atoms with Gasteiger partial charge in [-0.15, -0.1) is 0 Å². The van der Waals surface area contributed by atoms with Crippen LogP contribution in [0, 0.1) is 0 Å². The van der Waals surface area contributed by atoms with E-state index in [9.17, 15) is 4.79 Å². The maximum absolute atomic E-state index is 11.7. The molecule has 0 spiro atoms. The zero-order valence-corrected chi connectivity index (χ0v) is 16.2. The predicted molar refractivity (Wildman–Crippen MR) is 105 cm³/mol. The average molecular weight is 370 g/mol. The van der Waals surface area contributed by atoms with Crippen molar-refractivity contribution in [3.05, 3.63) is 30.4 Å². The third-order valence-corrected chi connectivity index (χ3v) is 3.92. The molecule has 1 amide bonds. The number of hydrogen-bond donors (Lipinski definition) is 2. The summed E-state index contributed by atoms with van der Waals surface area (Å²) in [6, 6.07) is 3.81. The van der Waals surface area contributed by atoms with E-state index in [1.54, 1.807) is 12.4 Å². The number of fused-ring (bicyclic) bond motifs is 3. The number of aryl methyl sites for hydroxylation is 1. The molecular weight excluding hydrogens is 344 g/mol. The van der Waals surface area contributed by atoms with Gasteiger partial charge in [0.2, 0.25) is 0 Å². The predicted octanol–water partition coefficient (Wildman–Crippen LogP) is 3.00. The van der Waals surface area contributed by atoms with Crippen LogP contribution in [0.1, 0.15) is 39.9 Å². The Balaban J connectivity index is 1.68. The number of amides is 1. The van der Waals surface area contributed by atoms with E-state index in [4.69, 9.17) is 4.74 Å². The quantitative estimate of drug-likeness (QED) is 0.648. The smallest absolute Gasteiger partial charge is 0.407 e. The highest BCUT2D eigenvalue weighted by molar-refractivity contribution is 5.99. The number of ether oxygens (including phenoxy) is 1. The molecule has 8 heteroatoms. The van der Waals surface area contributed by atoms with Crippen LogP contribution >= 0.6 is 0 Å². The van der Waals surface area contributed by atoms with Crippen LogP contribution in [0.15, 0.2) is 24.5 Å². The summed E-state index contributed by atoms with van der Waals surface area (Å²) in [5, 5.41) is 2.77. The molecule has 3 rings (SSSR count). The molecule has 0 aliphatic rings. The second-order valence-electron chi connectivity index (χ2n) is 7.27. The van der Waals surface area contributed by atoms with Crippen molar-refractivity contribution in [2.24, 2.45) is 0 Å². The number of nitrogens with zero attached hydrogens (tertiary/aromatic N) is 4. The second-order valence-corrected chi connectivity index (χ2v) is 7.27. The molecule has 0 unspecified atom stereocenters. The molecule has 0 saturated carbocycles. The molecule has 27 heavy (non-hydrogen) atoms. The zero-order valence-electron chi connectivity index (χ0n) is 16.2. The Morgan fingerprint density at radius 2 is 2.04 bits per heavy atom. The molecule has 2 N–H and O–H groups in total. The fourth-order valence-electron chi connectivity index (χ4n) is 2.81. The summed E-state index contributed by atoms with van der Waals surface area (Å²) < 4.78 is 7.22. The molecule has 0 aliphatic carbocycles. The van der Waals surface area contributed by atoms with Crippen molar-refractivity contribution in [2.45, 2.75) is 46.1 Å². The van der Waals surface area contributed by atoms with Crippen LogP contribution < -0.4 is 10.7 Å². The minimum atomic E-state index is -0.490. The van der Waals surface area contributed by atoms with Gasteiger partial charge >= 0.3 is 6.09 Å². The molecule has 0 saturated heterocycles. The molecule has 144 valence electrons. The second kappa shape index (κ2) is 7.77. The normalized spacial score (nSPS) is 11.7. The number of nitrogens with one attached hydrogen (secondary N) is 2. The Kier molecular flexibility index (Phi) is 5.43. The van der Waals surface area contributed by atoms with Gasteiger partial charge in [0.1, 0.15) is 28.0 Å². The number of imidazole rings is 1. The molecular formula is C19H26N6O2. The van der Waals surface area contributed by atoms with Gasteiger partial charge in [-0.05, 0) is 39.3 Å². The van der Waals surface area contributed by atoms with Crippen LogP contribution in [-0.4, -0.2) is 44.4 Å². The molecule has 8 nitrogen and oxygen atoms in total. The van der Waals surface area contributed by atoms with Gasteiger partial charge in [0, 0.05) is 25.7 Å². The van der Waals surface area contributed by atoms with E-state index in [-0.39, 0.29) is 0 Å². The van der Waals surface area contributed by atoms with Crippen LogP contribution in [-0.2, 0) is 11.2 Å². The zero-order chi connectivity index (χ0) is 19.4. The number of carbonyl (C=O) groups excluding carboxylic acids is 1. The summed E-state index contributed by atoms with van der Waals surface area (Å²) in [7, 11) is 0. The largest absolute Gasteiger partial charge is 0.444 e. The maximum Gasteiger partial charge on any atom is 0.407 e. The molecule has 3 aromatic heterocycles. The van der Waals surface area contributed by atoms with Gasteiger partial charge in [-0.2, -0.15) is 0 Å². The van der Waals surface area contributed by atoms with Crippen LogP contribution in [0.3, 0.4) is 0 Å². The number of alkyl carbamates (subject to hydrolysis) is 1. The third-order valence-electron chi connectivity index (χ3n) is 3.92. The lowest BCUT2D eigenvalue weighted by Gasteiger charge is -2.19. The number of rotatable bonds is 6. The fraction of sp³-hybridized carbons (Fsp3) is 0.474. The number of pyridine rings is 2.